The minimum Gasteiger partial charge on any atom is -0.398 e. The van der Waals surface area contributed by atoms with Crippen molar-refractivity contribution >= 4 is 21.6 Å². The Hall–Kier alpha value is -1.60. The predicted molar refractivity (Wildman–Crippen MR) is 78.7 cm³/mol. The highest BCUT2D eigenvalue weighted by molar-refractivity contribution is 7.89. The second-order valence-corrected chi connectivity index (χ2v) is 6.17. The lowest BCUT2D eigenvalue weighted by Crippen LogP contribution is -2.44. The lowest BCUT2D eigenvalue weighted by molar-refractivity contribution is -0.122. The van der Waals surface area contributed by atoms with Gasteiger partial charge in [-0.2, -0.15) is 4.72 Å². The molecule has 112 valence electrons. The maximum atomic E-state index is 12.2. The number of likely N-dealkylation sites (N-methyl/N-ethyl adjacent to an activating group) is 1. The third-order valence-corrected chi connectivity index (χ3v) is 4.42. The fraction of sp³-hybridized carbons (Fsp3) is 0.462. The van der Waals surface area contributed by atoms with Crippen molar-refractivity contribution in [1.29, 1.82) is 0 Å². The van der Waals surface area contributed by atoms with Gasteiger partial charge in [-0.1, -0.05) is 13.0 Å². The molecule has 0 heterocycles. The van der Waals surface area contributed by atoms with Crippen LogP contribution >= 0.6 is 0 Å². The molecule has 6 nitrogen and oxygen atoms in total. The Morgan fingerprint density at radius 3 is 2.50 bits per heavy atom. The summed E-state index contributed by atoms with van der Waals surface area (Å²) in [6.07, 6.45) is 0.731. The summed E-state index contributed by atoms with van der Waals surface area (Å²) in [7, 11) is -3.76. The molecule has 1 unspecified atom stereocenters. The molecule has 0 saturated heterocycles. The topological polar surface area (TPSA) is 101 Å². The van der Waals surface area contributed by atoms with E-state index in [1.807, 2.05) is 6.92 Å². The van der Waals surface area contributed by atoms with Crippen LogP contribution in [0.25, 0.3) is 0 Å². The Kier molecular flexibility index (Phi) is 5.52. The molecule has 0 aliphatic carbocycles. The van der Waals surface area contributed by atoms with E-state index in [1.54, 1.807) is 13.0 Å². The summed E-state index contributed by atoms with van der Waals surface area (Å²) in [6.45, 7) is 5.65. The number of carbonyl (C=O) groups is 1. The van der Waals surface area contributed by atoms with Crippen LogP contribution in [-0.4, -0.2) is 26.9 Å². The van der Waals surface area contributed by atoms with Gasteiger partial charge in [0.2, 0.25) is 15.9 Å². The summed E-state index contributed by atoms with van der Waals surface area (Å²) < 4.78 is 26.6. The molecule has 1 aromatic rings. The minimum absolute atomic E-state index is 0.0587. The van der Waals surface area contributed by atoms with Crippen molar-refractivity contribution < 1.29 is 13.2 Å². The molecule has 1 aromatic carbocycles. The number of nitrogens with one attached hydrogen (secondary N) is 2. The van der Waals surface area contributed by atoms with Crippen molar-refractivity contribution in [1.82, 2.24) is 10.0 Å². The van der Waals surface area contributed by atoms with Crippen molar-refractivity contribution in [3.63, 3.8) is 0 Å². The zero-order valence-corrected chi connectivity index (χ0v) is 12.8. The molecular weight excluding hydrogens is 278 g/mol. The molecule has 0 aliphatic rings. The zero-order chi connectivity index (χ0) is 15.3. The number of hydrogen-bond acceptors (Lipinski definition) is 4. The van der Waals surface area contributed by atoms with E-state index in [0.29, 0.717) is 12.2 Å². The number of hydrogen-bond donors (Lipinski definition) is 3. The molecule has 0 radical (unpaired) electrons. The van der Waals surface area contributed by atoms with Gasteiger partial charge in [-0.05, 0) is 38.0 Å². The van der Waals surface area contributed by atoms with Crippen LogP contribution in [0.3, 0.4) is 0 Å². The number of nitrogen functional groups attached to an aromatic ring is 1. The smallest absolute Gasteiger partial charge is 0.241 e. The quantitative estimate of drug-likeness (QED) is 0.671. The van der Waals surface area contributed by atoms with Crippen LogP contribution in [0.4, 0.5) is 5.69 Å². The predicted octanol–water partition coefficient (Wildman–Crippen LogP) is 0.634. The fourth-order valence-electron chi connectivity index (χ4n) is 1.74. The highest BCUT2D eigenvalue weighted by Crippen LogP contribution is 2.18. The lowest BCUT2D eigenvalue weighted by Gasteiger charge is -2.14. The highest BCUT2D eigenvalue weighted by Gasteiger charge is 2.22. The van der Waals surface area contributed by atoms with Gasteiger partial charge in [0.05, 0.1) is 10.9 Å². The van der Waals surface area contributed by atoms with Gasteiger partial charge in [-0.15, -0.1) is 0 Å². The van der Waals surface area contributed by atoms with Gasteiger partial charge in [-0.3, -0.25) is 4.79 Å². The molecule has 0 aromatic heterocycles. The Balaban J connectivity index is 2.94. The number of rotatable bonds is 6. The maximum absolute atomic E-state index is 12.2. The largest absolute Gasteiger partial charge is 0.398 e. The monoisotopic (exact) mass is 299 g/mol. The van der Waals surface area contributed by atoms with Crippen molar-refractivity contribution in [2.45, 2.75) is 38.1 Å². The molecule has 0 spiro atoms. The van der Waals surface area contributed by atoms with Crippen molar-refractivity contribution in [3.05, 3.63) is 23.8 Å². The molecule has 1 rings (SSSR count). The molecule has 7 heteroatoms. The van der Waals surface area contributed by atoms with Gasteiger partial charge in [-0.25, -0.2) is 8.42 Å². The van der Waals surface area contributed by atoms with E-state index in [-0.39, 0.29) is 10.8 Å². The average Bonchev–Trinajstić information content (AvgIpc) is 2.38. The van der Waals surface area contributed by atoms with Crippen LogP contribution in [0.15, 0.2) is 23.1 Å². The maximum Gasteiger partial charge on any atom is 0.241 e. The van der Waals surface area contributed by atoms with Crippen LogP contribution in [0, 0.1) is 0 Å². The summed E-state index contributed by atoms with van der Waals surface area (Å²) >= 11 is 0. The number of sulfonamides is 1. The Morgan fingerprint density at radius 2 is 2.00 bits per heavy atom. The standard InChI is InChI=1S/C13H21N3O3S/c1-4-10-6-7-11(8-12(10)14)20(18,19)16-9(3)13(17)15-5-2/h6-9,16H,4-5,14H2,1-3H3,(H,15,17). The fourth-order valence-corrected chi connectivity index (χ4v) is 2.98. The molecule has 1 atom stereocenters. The molecule has 20 heavy (non-hydrogen) atoms. The number of amides is 1. The van der Waals surface area contributed by atoms with Crippen LogP contribution < -0.4 is 15.8 Å². The molecular formula is C13H21N3O3S. The van der Waals surface area contributed by atoms with E-state index in [1.165, 1.54) is 19.1 Å². The van der Waals surface area contributed by atoms with Gasteiger partial charge in [0.15, 0.2) is 0 Å². The first kappa shape index (κ1) is 16.5. The average molecular weight is 299 g/mol. The lowest BCUT2D eigenvalue weighted by atomic mass is 10.1. The summed E-state index contributed by atoms with van der Waals surface area (Å²) in [4.78, 5) is 11.6. The molecule has 0 saturated carbocycles. The summed E-state index contributed by atoms with van der Waals surface area (Å²) in [5, 5.41) is 2.56. The third kappa shape index (κ3) is 3.94. The van der Waals surface area contributed by atoms with Crippen LogP contribution in [0.2, 0.25) is 0 Å². The Bertz CT molecular complexity index is 585. The zero-order valence-electron chi connectivity index (χ0n) is 11.9. The number of nitrogens with two attached hydrogens (primary N) is 1. The first-order valence-corrected chi connectivity index (χ1v) is 7.98. The number of anilines is 1. The molecule has 1 amide bonds. The molecule has 0 bridgehead atoms. The molecule has 4 N–H and O–H groups in total. The SMILES string of the molecule is CCNC(=O)C(C)NS(=O)(=O)c1ccc(CC)c(N)c1. The molecule has 0 fully saturated rings. The molecule has 0 aliphatic heterocycles. The van der Waals surface area contributed by atoms with Crippen LogP contribution in [-0.2, 0) is 21.2 Å². The number of aryl methyl sites for hydroxylation is 1. The first-order valence-electron chi connectivity index (χ1n) is 6.50. The highest BCUT2D eigenvalue weighted by atomic mass is 32.2. The van der Waals surface area contributed by atoms with Gasteiger partial charge in [0.1, 0.15) is 0 Å². The van der Waals surface area contributed by atoms with E-state index >= 15 is 0 Å². The number of carbonyl (C=O) groups excluding carboxylic acids is 1. The van der Waals surface area contributed by atoms with E-state index in [9.17, 15) is 13.2 Å². The van der Waals surface area contributed by atoms with E-state index in [4.69, 9.17) is 5.73 Å². The van der Waals surface area contributed by atoms with Gasteiger partial charge in [0.25, 0.3) is 0 Å². The summed E-state index contributed by atoms with van der Waals surface area (Å²) in [5.41, 5.74) is 7.12. The third-order valence-electron chi connectivity index (χ3n) is 2.88. The number of benzene rings is 1. The van der Waals surface area contributed by atoms with Crippen molar-refractivity contribution in [2.75, 3.05) is 12.3 Å². The van der Waals surface area contributed by atoms with Crippen LogP contribution in [0.5, 0.6) is 0 Å². The second kappa shape index (κ2) is 6.71. The normalized spacial score (nSPS) is 12.9. The van der Waals surface area contributed by atoms with Crippen molar-refractivity contribution in [3.8, 4) is 0 Å². The minimum atomic E-state index is -3.76. The summed E-state index contributed by atoms with van der Waals surface area (Å²) in [6, 6.07) is 3.74. The van der Waals surface area contributed by atoms with Crippen molar-refractivity contribution in [2.24, 2.45) is 0 Å². The van der Waals surface area contributed by atoms with E-state index in [0.717, 1.165) is 12.0 Å². The second-order valence-electron chi connectivity index (χ2n) is 4.45. The van der Waals surface area contributed by atoms with Gasteiger partial charge < -0.3 is 11.1 Å². The van der Waals surface area contributed by atoms with E-state index in [2.05, 4.69) is 10.0 Å². The Labute approximate surface area is 119 Å². The summed E-state index contributed by atoms with van der Waals surface area (Å²) in [5.74, 6) is -0.366. The van der Waals surface area contributed by atoms with E-state index < -0.39 is 16.1 Å². The Morgan fingerprint density at radius 1 is 1.35 bits per heavy atom. The van der Waals surface area contributed by atoms with Crippen LogP contribution in [0.1, 0.15) is 26.3 Å². The first-order chi connectivity index (χ1) is 9.31. The van der Waals surface area contributed by atoms with Gasteiger partial charge in [0, 0.05) is 12.2 Å². The van der Waals surface area contributed by atoms with Gasteiger partial charge >= 0.3 is 0 Å².